The Morgan fingerprint density at radius 2 is 2.25 bits per heavy atom. The van der Waals surface area contributed by atoms with Gasteiger partial charge in [-0.25, -0.2) is 0 Å². The van der Waals surface area contributed by atoms with Gasteiger partial charge in [0.05, 0.1) is 11.1 Å². The monoisotopic (exact) mass is 271 g/mol. The number of nitrogens with zero attached hydrogens (tertiary/aromatic N) is 1. The van der Waals surface area contributed by atoms with Crippen molar-refractivity contribution < 1.29 is 9.53 Å². The van der Waals surface area contributed by atoms with Crippen molar-refractivity contribution >= 4 is 16.8 Å². The summed E-state index contributed by atoms with van der Waals surface area (Å²) in [5.74, 6) is 0.290. The van der Waals surface area contributed by atoms with Gasteiger partial charge in [0, 0.05) is 24.1 Å². The van der Waals surface area contributed by atoms with Crippen LogP contribution in [0.15, 0.2) is 36.5 Å². The molecule has 5 nitrogen and oxygen atoms in total. The normalized spacial score (nSPS) is 25.8. The van der Waals surface area contributed by atoms with Crippen molar-refractivity contribution in [2.24, 2.45) is 11.5 Å². The van der Waals surface area contributed by atoms with E-state index in [9.17, 15) is 4.79 Å². The number of nitrogens with two attached hydrogens (primary N) is 2. The third-order valence-electron chi connectivity index (χ3n) is 3.88. The summed E-state index contributed by atoms with van der Waals surface area (Å²) in [5, 5.41) is 1.07. The Morgan fingerprint density at radius 3 is 3.00 bits per heavy atom. The molecule has 104 valence electrons. The summed E-state index contributed by atoms with van der Waals surface area (Å²) < 4.78 is 5.90. The van der Waals surface area contributed by atoms with Gasteiger partial charge >= 0.3 is 0 Å². The molecule has 1 fully saturated rings. The first-order valence-corrected chi connectivity index (χ1v) is 6.67. The molecular weight excluding hydrogens is 254 g/mol. The minimum absolute atomic E-state index is 0.0753. The molecule has 0 spiro atoms. The molecule has 2 unspecified atom stereocenters. The van der Waals surface area contributed by atoms with Gasteiger partial charge in [0.2, 0.25) is 5.91 Å². The van der Waals surface area contributed by atoms with Crippen LogP contribution in [0.5, 0.6) is 5.75 Å². The second-order valence-electron chi connectivity index (χ2n) is 5.36. The van der Waals surface area contributed by atoms with E-state index in [2.05, 4.69) is 4.98 Å². The van der Waals surface area contributed by atoms with Gasteiger partial charge in [-0.1, -0.05) is 6.07 Å². The fraction of sp³-hybridized carbons (Fsp3) is 0.333. The van der Waals surface area contributed by atoms with E-state index < -0.39 is 11.4 Å². The molecule has 1 aromatic heterocycles. The fourth-order valence-electron chi connectivity index (χ4n) is 2.67. The van der Waals surface area contributed by atoms with Gasteiger partial charge in [-0.3, -0.25) is 9.78 Å². The van der Waals surface area contributed by atoms with Crippen LogP contribution in [0.25, 0.3) is 10.9 Å². The molecule has 3 rings (SSSR count). The molecule has 0 bridgehead atoms. The first-order chi connectivity index (χ1) is 9.57. The number of carbonyl (C=O) groups is 1. The lowest BCUT2D eigenvalue weighted by molar-refractivity contribution is -0.123. The van der Waals surface area contributed by atoms with Crippen LogP contribution in [0.4, 0.5) is 0 Å². The maximum Gasteiger partial charge on any atom is 0.237 e. The number of pyridine rings is 1. The predicted octanol–water partition coefficient (Wildman–Crippen LogP) is 1.35. The Balaban J connectivity index is 1.76. The van der Waals surface area contributed by atoms with Gasteiger partial charge in [-0.2, -0.15) is 0 Å². The summed E-state index contributed by atoms with van der Waals surface area (Å²) in [5.41, 5.74) is 11.3. The topological polar surface area (TPSA) is 91.2 Å². The average Bonchev–Trinajstić information content (AvgIpc) is 2.81. The minimum atomic E-state index is -0.931. The molecule has 0 radical (unpaired) electrons. The van der Waals surface area contributed by atoms with Gasteiger partial charge in [0.1, 0.15) is 11.9 Å². The summed E-state index contributed by atoms with van der Waals surface area (Å²) in [6.45, 7) is 0. The van der Waals surface area contributed by atoms with E-state index in [1.54, 1.807) is 6.20 Å². The third kappa shape index (κ3) is 2.32. The number of aromatic nitrogens is 1. The van der Waals surface area contributed by atoms with Crippen LogP contribution >= 0.6 is 0 Å². The lowest BCUT2D eigenvalue weighted by atomic mass is 9.99. The number of primary amides is 1. The molecule has 2 aromatic rings. The highest BCUT2D eigenvalue weighted by Crippen LogP contribution is 2.31. The van der Waals surface area contributed by atoms with Gasteiger partial charge in [-0.05, 0) is 31.0 Å². The summed E-state index contributed by atoms with van der Waals surface area (Å²) in [6.07, 6.45) is 3.44. The van der Waals surface area contributed by atoms with E-state index in [-0.39, 0.29) is 6.10 Å². The Bertz CT molecular complexity index is 658. The zero-order chi connectivity index (χ0) is 14.2. The van der Waals surface area contributed by atoms with Crippen LogP contribution in [0, 0.1) is 0 Å². The second kappa shape index (κ2) is 4.76. The number of rotatable bonds is 3. The molecule has 20 heavy (non-hydrogen) atoms. The van der Waals surface area contributed by atoms with Gasteiger partial charge in [0.25, 0.3) is 0 Å². The van der Waals surface area contributed by atoms with Gasteiger partial charge in [0.15, 0.2) is 0 Å². The van der Waals surface area contributed by atoms with Crippen LogP contribution in [0.2, 0.25) is 0 Å². The van der Waals surface area contributed by atoms with E-state index in [1.807, 2.05) is 30.3 Å². The highest BCUT2D eigenvalue weighted by atomic mass is 16.5. The van der Waals surface area contributed by atoms with Crippen LogP contribution in [-0.4, -0.2) is 22.5 Å². The number of hydrogen-bond donors (Lipinski definition) is 2. The summed E-state index contributed by atoms with van der Waals surface area (Å²) in [4.78, 5) is 15.6. The first kappa shape index (κ1) is 12.9. The number of amides is 1. The van der Waals surface area contributed by atoms with Crippen molar-refractivity contribution in [2.45, 2.75) is 30.9 Å². The molecule has 1 heterocycles. The summed E-state index contributed by atoms with van der Waals surface area (Å²) >= 11 is 0. The Labute approximate surface area is 116 Å². The molecule has 1 aliphatic rings. The molecule has 2 atom stereocenters. The Hall–Kier alpha value is -2.14. The molecule has 1 saturated carbocycles. The van der Waals surface area contributed by atoms with Crippen LogP contribution in [0.3, 0.4) is 0 Å². The maximum absolute atomic E-state index is 11.3. The minimum Gasteiger partial charge on any atom is -0.490 e. The van der Waals surface area contributed by atoms with E-state index in [0.29, 0.717) is 12.8 Å². The number of ether oxygens (including phenoxy) is 1. The van der Waals surface area contributed by atoms with E-state index in [4.69, 9.17) is 16.2 Å². The summed E-state index contributed by atoms with van der Waals surface area (Å²) in [7, 11) is 0. The average molecular weight is 271 g/mol. The lowest BCUT2D eigenvalue weighted by Crippen LogP contribution is -2.50. The highest BCUT2D eigenvalue weighted by molar-refractivity contribution is 5.84. The van der Waals surface area contributed by atoms with Crippen LogP contribution < -0.4 is 16.2 Å². The SMILES string of the molecule is NC(=O)C1(N)CCC(Oc2ccc3cccnc3c2)C1. The van der Waals surface area contributed by atoms with Crippen molar-refractivity contribution in [3.8, 4) is 5.75 Å². The van der Waals surface area contributed by atoms with Crippen LogP contribution in [-0.2, 0) is 4.79 Å². The maximum atomic E-state index is 11.3. The highest BCUT2D eigenvalue weighted by Gasteiger charge is 2.41. The van der Waals surface area contributed by atoms with Crippen LogP contribution in [0.1, 0.15) is 19.3 Å². The van der Waals surface area contributed by atoms with Gasteiger partial charge in [-0.15, -0.1) is 0 Å². The van der Waals surface area contributed by atoms with Crippen molar-refractivity contribution in [1.29, 1.82) is 0 Å². The molecule has 0 saturated heterocycles. The number of hydrogen-bond acceptors (Lipinski definition) is 4. The Kier molecular flexibility index (Phi) is 3.06. The standard InChI is InChI=1S/C15H17N3O2/c16-14(19)15(17)6-5-12(9-15)20-11-4-3-10-2-1-7-18-13(10)8-11/h1-4,7-8,12H,5-6,9,17H2,(H2,16,19). The Morgan fingerprint density at radius 1 is 1.40 bits per heavy atom. The second-order valence-corrected chi connectivity index (χ2v) is 5.36. The molecule has 0 aliphatic heterocycles. The van der Waals surface area contributed by atoms with Crippen molar-refractivity contribution in [1.82, 2.24) is 4.98 Å². The molecule has 1 aliphatic carbocycles. The quantitative estimate of drug-likeness (QED) is 0.881. The third-order valence-corrected chi connectivity index (χ3v) is 3.88. The zero-order valence-corrected chi connectivity index (χ0v) is 11.1. The number of carbonyl (C=O) groups excluding carboxylic acids is 1. The molecule has 1 amide bonds. The summed E-state index contributed by atoms with van der Waals surface area (Å²) in [6, 6.07) is 9.67. The molecule has 1 aromatic carbocycles. The number of benzene rings is 1. The first-order valence-electron chi connectivity index (χ1n) is 6.67. The fourth-order valence-corrected chi connectivity index (χ4v) is 2.67. The molecular formula is C15H17N3O2. The largest absolute Gasteiger partial charge is 0.490 e. The van der Waals surface area contributed by atoms with E-state index >= 15 is 0 Å². The van der Waals surface area contributed by atoms with E-state index in [0.717, 1.165) is 23.1 Å². The lowest BCUT2D eigenvalue weighted by Gasteiger charge is -2.20. The number of fused-ring (bicyclic) bond motifs is 1. The van der Waals surface area contributed by atoms with Crippen molar-refractivity contribution in [3.63, 3.8) is 0 Å². The molecule has 4 N–H and O–H groups in total. The molecule has 5 heteroatoms. The van der Waals surface area contributed by atoms with Crippen molar-refractivity contribution in [2.75, 3.05) is 0 Å². The van der Waals surface area contributed by atoms with Gasteiger partial charge < -0.3 is 16.2 Å². The predicted molar refractivity (Wildman–Crippen MR) is 76.1 cm³/mol. The van der Waals surface area contributed by atoms with E-state index in [1.165, 1.54) is 0 Å². The zero-order valence-electron chi connectivity index (χ0n) is 11.1. The van der Waals surface area contributed by atoms with Crippen molar-refractivity contribution in [3.05, 3.63) is 36.5 Å². The smallest absolute Gasteiger partial charge is 0.237 e.